The first-order valence-electron chi connectivity index (χ1n) is 6.77. The summed E-state index contributed by atoms with van der Waals surface area (Å²) in [7, 11) is 0.566. The Bertz CT molecular complexity index is 591. The van der Waals surface area contributed by atoms with Crippen molar-refractivity contribution >= 4 is 15.7 Å². The van der Waals surface area contributed by atoms with Crippen molar-refractivity contribution in [3.8, 4) is 0 Å². The SMILES string of the molecule is CN(Cc1cnccn1)C(=O)CN(C)C1CCS(=O)(=O)C1. The molecule has 1 fully saturated rings. The number of nitrogens with zero attached hydrogens (tertiary/aromatic N) is 4. The van der Waals surface area contributed by atoms with Crippen LogP contribution >= 0.6 is 0 Å². The lowest BCUT2D eigenvalue weighted by atomic mass is 10.2. The van der Waals surface area contributed by atoms with Gasteiger partial charge in [-0.2, -0.15) is 0 Å². The van der Waals surface area contributed by atoms with Gasteiger partial charge in [0.25, 0.3) is 0 Å². The molecule has 0 aliphatic carbocycles. The number of carbonyl (C=O) groups is 1. The van der Waals surface area contributed by atoms with Crippen LogP contribution < -0.4 is 0 Å². The maximum absolute atomic E-state index is 12.2. The molecule has 0 aromatic carbocycles. The number of carbonyl (C=O) groups excluding carboxylic acids is 1. The zero-order valence-electron chi connectivity index (χ0n) is 12.3. The van der Waals surface area contributed by atoms with E-state index in [2.05, 4.69) is 9.97 Å². The topological polar surface area (TPSA) is 83.5 Å². The van der Waals surface area contributed by atoms with Gasteiger partial charge in [0.2, 0.25) is 5.91 Å². The number of amides is 1. The number of sulfone groups is 1. The molecule has 8 heteroatoms. The summed E-state index contributed by atoms with van der Waals surface area (Å²) in [5.41, 5.74) is 0.722. The van der Waals surface area contributed by atoms with Crippen molar-refractivity contribution in [1.29, 1.82) is 0 Å². The molecule has 1 atom stereocenters. The second-order valence-electron chi connectivity index (χ2n) is 5.42. The summed E-state index contributed by atoms with van der Waals surface area (Å²) in [6, 6.07) is -0.0659. The fraction of sp³-hybridized carbons (Fsp3) is 0.615. The highest BCUT2D eigenvalue weighted by molar-refractivity contribution is 7.91. The van der Waals surface area contributed by atoms with E-state index in [1.54, 1.807) is 37.6 Å². The zero-order valence-corrected chi connectivity index (χ0v) is 13.1. The standard InChI is InChI=1S/C13H20N4O3S/c1-16(12-3-6-21(19,20)10-12)9-13(18)17(2)8-11-7-14-4-5-15-11/h4-5,7,12H,3,6,8-10H2,1-2H3. The average molecular weight is 312 g/mol. The van der Waals surface area contributed by atoms with Crippen LogP contribution in [0, 0.1) is 0 Å². The maximum atomic E-state index is 12.2. The summed E-state index contributed by atoms with van der Waals surface area (Å²) in [5.74, 6) is 0.295. The molecule has 0 N–H and O–H groups in total. The van der Waals surface area contributed by atoms with Crippen molar-refractivity contribution in [2.75, 3.05) is 32.1 Å². The predicted molar refractivity (Wildman–Crippen MR) is 78.2 cm³/mol. The lowest BCUT2D eigenvalue weighted by molar-refractivity contribution is -0.131. The first kappa shape index (κ1) is 15.8. The van der Waals surface area contributed by atoms with Crippen molar-refractivity contribution in [3.05, 3.63) is 24.3 Å². The lowest BCUT2D eigenvalue weighted by Crippen LogP contribution is -2.41. The largest absolute Gasteiger partial charge is 0.339 e. The summed E-state index contributed by atoms with van der Waals surface area (Å²) in [6.45, 7) is 0.598. The van der Waals surface area contributed by atoms with Gasteiger partial charge in [-0.25, -0.2) is 8.42 Å². The third-order valence-electron chi connectivity index (χ3n) is 3.66. The van der Waals surface area contributed by atoms with E-state index < -0.39 is 9.84 Å². The molecule has 1 saturated heterocycles. The maximum Gasteiger partial charge on any atom is 0.236 e. The fourth-order valence-corrected chi connectivity index (χ4v) is 4.13. The molecule has 116 valence electrons. The molecular formula is C13H20N4O3S. The fourth-order valence-electron chi connectivity index (χ4n) is 2.33. The predicted octanol–water partition coefficient (Wildman–Crippen LogP) is -0.446. The molecule has 1 aromatic heterocycles. The van der Waals surface area contributed by atoms with Crippen LogP contribution in [0.25, 0.3) is 0 Å². The van der Waals surface area contributed by atoms with E-state index in [1.165, 1.54) is 0 Å². The van der Waals surface area contributed by atoms with E-state index in [1.807, 2.05) is 4.90 Å². The van der Waals surface area contributed by atoms with E-state index in [0.29, 0.717) is 13.0 Å². The first-order valence-corrected chi connectivity index (χ1v) is 8.59. The van der Waals surface area contributed by atoms with Gasteiger partial charge in [-0.3, -0.25) is 19.7 Å². The highest BCUT2D eigenvalue weighted by Crippen LogP contribution is 2.16. The van der Waals surface area contributed by atoms with E-state index in [-0.39, 0.29) is 30.0 Å². The van der Waals surface area contributed by atoms with E-state index in [4.69, 9.17) is 0 Å². The molecule has 7 nitrogen and oxygen atoms in total. The number of rotatable bonds is 5. The molecule has 0 spiro atoms. The van der Waals surface area contributed by atoms with Gasteiger partial charge < -0.3 is 4.90 Å². The Morgan fingerprint density at radius 2 is 2.14 bits per heavy atom. The molecule has 1 aliphatic rings. The smallest absolute Gasteiger partial charge is 0.236 e. The van der Waals surface area contributed by atoms with Crippen LogP contribution in [-0.4, -0.2) is 72.3 Å². The second-order valence-corrected chi connectivity index (χ2v) is 7.65. The van der Waals surface area contributed by atoms with E-state index in [9.17, 15) is 13.2 Å². The van der Waals surface area contributed by atoms with Gasteiger partial charge in [0.15, 0.2) is 9.84 Å². The summed E-state index contributed by atoms with van der Waals surface area (Å²) >= 11 is 0. The lowest BCUT2D eigenvalue weighted by Gasteiger charge is -2.25. The molecule has 2 heterocycles. The minimum absolute atomic E-state index is 0.0625. The molecule has 0 radical (unpaired) electrons. The van der Waals surface area contributed by atoms with E-state index >= 15 is 0 Å². The van der Waals surface area contributed by atoms with Gasteiger partial charge in [-0.15, -0.1) is 0 Å². The van der Waals surface area contributed by atoms with Crippen molar-refractivity contribution in [2.24, 2.45) is 0 Å². The zero-order chi connectivity index (χ0) is 15.5. The normalized spacial score (nSPS) is 20.6. The Morgan fingerprint density at radius 1 is 1.38 bits per heavy atom. The molecular weight excluding hydrogens is 292 g/mol. The highest BCUT2D eigenvalue weighted by atomic mass is 32.2. The molecule has 0 bridgehead atoms. The molecule has 1 amide bonds. The van der Waals surface area contributed by atoms with Gasteiger partial charge in [0.05, 0.1) is 36.5 Å². The van der Waals surface area contributed by atoms with Gasteiger partial charge in [0.1, 0.15) is 0 Å². The average Bonchev–Trinajstić information content (AvgIpc) is 2.80. The first-order chi connectivity index (χ1) is 9.87. The third-order valence-corrected chi connectivity index (χ3v) is 5.41. The third kappa shape index (κ3) is 4.47. The van der Waals surface area contributed by atoms with Gasteiger partial charge >= 0.3 is 0 Å². The minimum atomic E-state index is -2.93. The van der Waals surface area contributed by atoms with Crippen molar-refractivity contribution in [3.63, 3.8) is 0 Å². The van der Waals surface area contributed by atoms with Gasteiger partial charge in [0, 0.05) is 25.5 Å². The van der Waals surface area contributed by atoms with Crippen molar-refractivity contribution in [2.45, 2.75) is 19.0 Å². The molecule has 21 heavy (non-hydrogen) atoms. The highest BCUT2D eigenvalue weighted by Gasteiger charge is 2.31. The van der Waals surface area contributed by atoms with Crippen molar-refractivity contribution < 1.29 is 13.2 Å². The Kier molecular flexibility index (Phi) is 4.89. The number of hydrogen-bond donors (Lipinski definition) is 0. The summed E-state index contributed by atoms with van der Waals surface area (Å²) in [5, 5.41) is 0. The van der Waals surface area contributed by atoms with Crippen LogP contribution in [0.5, 0.6) is 0 Å². The summed E-state index contributed by atoms with van der Waals surface area (Å²) in [6.07, 6.45) is 5.39. The second kappa shape index (κ2) is 6.48. The Labute approximate surface area is 124 Å². The molecule has 1 aromatic rings. The van der Waals surface area contributed by atoms with Crippen LogP contribution in [0.15, 0.2) is 18.6 Å². The van der Waals surface area contributed by atoms with E-state index in [0.717, 1.165) is 5.69 Å². The van der Waals surface area contributed by atoms with Crippen molar-refractivity contribution in [1.82, 2.24) is 19.8 Å². The molecule has 2 rings (SSSR count). The number of likely N-dealkylation sites (N-methyl/N-ethyl adjacent to an activating group) is 2. The van der Waals surface area contributed by atoms with Crippen LogP contribution in [0.2, 0.25) is 0 Å². The Balaban J connectivity index is 1.86. The van der Waals surface area contributed by atoms with Crippen LogP contribution in [0.4, 0.5) is 0 Å². The van der Waals surface area contributed by atoms with Crippen LogP contribution in [0.1, 0.15) is 12.1 Å². The quantitative estimate of drug-likeness (QED) is 0.732. The summed E-state index contributed by atoms with van der Waals surface area (Å²) < 4.78 is 22.9. The van der Waals surface area contributed by atoms with Crippen LogP contribution in [0.3, 0.4) is 0 Å². The molecule has 0 saturated carbocycles. The molecule has 1 unspecified atom stereocenters. The van der Waals surface area contributed by atoms with Gasteiger partial charge in [-0.05, 0) is 13.5 Å². The Morgan fingerprint density at radius 3 is 2.71 bits per heavy atom. The summed E-state index contributed by atoms with van der Waals surface area (Å²) in [4.78, 5) is 23.6. The monoisotopic (exact) mass is 312 g/mol. The number of hydrogen-bond acceptors (Lipinski definition) is 6. The minimum Gasteiger partial charge on any atom is -0.339 e. The number of aromatic nitrogens is 2. The van der Waals surface area contributed by atoms with Gasteiger partial charge in [-0.1, -0.05) is 0 Å². The van der Waals surface area contributed by atoms with Crippen LogP contribution in [-0.2, 0) is 21.2 Å². The molecule has 1 aliphatic heterocycles. The Hall–Kier alpha value is -1.54.